The minimum absolute atomic E-state index is 0.0277. The van der Waals surface area contributed by atoms with Gasteiger partial charge in [-0.2, -0.15) is 8.42 Å². The number of para-hydroxylation sites is 1. The van der Waals surface area contributed by atoms with Gasteiger partial charge in [-0.3, -0.25) is 4.18 Å². The van der Waals surface area contributed by atoms with Crippen LogP contribution in [0.5, 0.6) is 11.5 Å². The number of benzene rings is 2. The summed E-state index contributed by atoms with van der Waals surface area (Å²) < 4.78 is 53.7. The van der Waals surface area contributed by atoms with Crippen molar-refractivity contribution in [2.75, 3.05) is 13.2 Å². The fourth-order valence-electron chi connectivity index (χ4n) is 2.12. The number of fused-ring (bicyclic) bond motifs is 1. The Morgan fingerprint density at radius 2 is 1.96 bits per heavy atom. The quantitative estimate of drug-likeness (QED) is 0.802. The first-order valence-corrected chi connectivity index (χ1v) is 8.40. The fourth-order valence-corrected chi connectivity index (χ4v) is 3.06. The molecule has 0 aromatic heterocycles. The summed E-state index contributed by atoms with van der Waals surface area (Å²) in [5.74, 6) is -0.295. The normalized spacial score (nSPS) is 17.0. The lowest BCUT2D eigenvalue weighted by Gasteiger charge is -2.26. The van der Waals surface area contributed by atoms with E-state index in [2.05, 4.69) is 0 Å². The Bertz CT molecular complexity index is 802. The molecule has 0 radical (unpaired) electrons. The van der Waals surface area contributed by atoms with Crippen molar-refractivity contribution < 1.29 is 26.5 Å². The van der Waals surface area contributed by atoms with Crippen LogP contribution in [0.4, 0.5) is 4.39 Å². The molecule has 0 bridgehead atoms. The lowest BCUT2D eigenvalue weighted by atomic mass is 10.2. The van der Waals surface area contributed by atoms with Crippen LogP contribution in [0.25, 0.3) is 0 Å². The van der Waals surface area contributed by atoms with Crippen molar-refractivity contribution in [1.82, 2.24) is 0 Å². The largest absolute Gasteiger partial charge is 0.486 e. The molecular formula is C16H15FO5S. The summed E-state index contributed by atoms with van der Waals surface area (Å²) in [6.45, 7) is 1.68. The Hall–Kier alpha value is -2.12. The third-order valence-electron chi connectivity index (χ3n) is 3.36. The maximum absolute atomic E-state index is 13.7. The lowest BCUT2D eigenvalue weighted by molar-refractivity contribution is 0.0514. The second kappa shape index (κ2) is 6.17. The fraction of sp³-hybridized carbons (Fsp3) is 0.250. The predicted molar refractivity (Wildman–Crippen MR) is 80.6 cm³/mol. The van der Waals surface area contributed by atoms with Gasteiger partial charge in [0, 0.05) is 0 Å². The molecule has 1 aliphatic heterocycles. The Balaban J connectivity index is 1.67. The maximum atomic E-state index is 13.7. The van der Waals surface area contributed by atoms with Crippen LogP contribution in [0.3, 0.4) is 0 Å². The van der Waals surface area contributed by atoms with Crippen LogP contribution in [-0.2, 0) is 14.3 Å². The zero-order chi connectivity index (χ0) is 16.4. The van der Waals surface area contributed by atoms with Crippen molar-refractivity contribution in [2.45, 2.75) is 17.9 Å². The van der Waals surface area contributed by atoms with Crippen LogP contribution in [0.2, 0.25) is 0 Å². The topological polar surface area (TPSA) is 61.8 Å². The summed E-state index contributed by atoms with van der Waals surface area (Å²) in [5, 5.41) is 0. The molecule has 23 heavy (non-hydrogen) atoms. The SMILES string of the molecule is Cc1ccc(S(=O)(=O)OC[C@@H]2COc3cccc(F)c3O2)cc1. The molecule has 0 aliphatic carbocycles. The number of halogens is 1. The Labute approximate surface area is 133 Å². The highest BCUT2D eigenvalue weighted by atomic mass is 32.2. The average Bonchev–Trinajstić information content (AvgIpc) is 2.54. The molecule has 7 heteroatoms. The smallest absolute Gasteiger partial charge is 0.297 e. The lowest BCUT2D eigenvalue weighted by Crippen LogP contribution is -2.34. The van der Waals surface area contributed by atoms with Crippen LogP contribution >= 0.6 is 0 Å². The second-order valence-corrected chi connectivity index (χ2v) is 6.79. The van der Waals surface area contributed by atoms with Crippen molar-refractivity contribution in [2.24, 2.45) is 0 Å². The van der Waals surface area contributed by atoms with E-state index in [0.29, 0.717) is 5.75 Å². The molecule has 2 aromatic carbocycles. The van der Waals surface area contributed by atoms with E-state index in [4.69, 9.17) is 13.7 Å². The highest BCUT2D eigenvalue weighted by Crippen LogP contribution is 2.34. The van der Waals surface area contributed by atoms with Gasteiger partial charge in [0.15, 0.2) is 23.4 Å². The first-order valence-electron chi connectivity index (χ1n) is 7.00. The van der Waals surface area contributed by atoms with Gasteiger partial charge in [0.2, 0.25) is 0 Å². The highest BCUT2D eigenvalue weighted by molar-refractivity contribution is 7.86. The molecule has 0 fully saturated rings. The van der Waals surface area contributed by atoms with Crippen molar-refractivity contribution in [1.29, 1.82) is 0 Å². The Morgan fingerprint density at radius 3 is 2.70 bits per heavy atom. The van der Waals surface area contributed by atoms with E-state index < -0.39 is 22.0 Å². The number of hydrogen-bond donors (Lipinski definition) is 0. The van der Waals surface area contributed by atoms with Crippen molar-refractivity contribution in [3.8, 4) is 11.5 Å². The van der Waals surface area contributed by atoms with Gasteiger partial charge in [0.05, 0.1) is 4.90 Å². The number of rotatable bonds is 4. The summed E-state index contributed by atoms with van der Waals surface area (Å²) in [6.07, 6.45) is -0.709. The van der Waals surface area contributed by atoms with Crippen molar-refractivity contribution in [3.05, 3.63) is 53.8 Å². The zero-order valence-electron chi connectivity index (χ0n) is 12.4. The molecular weight excluding hydrogens is 323 g/mol. The molecule has 3 rings (SSSR count). The molecule has 0 saturated carbocycles. The van der Waals surface area contributed by atoms with E-state index in [1.807, 2.05) is 6.92 Å². The minimum atomic E-state index is -3.89. The summed E-state index contributed by atoms with van der Waals surface area (Å²) >= 11 is 0. The van der Waals surface area contributed by atoms with Crippen LogP contribution < -0.4 is 9.47 Å². The average molecular weight is 338 g/mol. The van der Waals surface area contributed by atoms with Gasteiger partial charge in [-0.1, -0.05) is 23.8 Å². The summed E-state index contributed by atoms with van der Waals surface area (Å²) in [5.41, 5.74) is 0.944. The third kappa shape index (κ3) is 3.46. The molecule has 0 spiro atoms. The monoisotopic (exact) mass is 338 g/mol. The van der Waals surface area contributed by atoms with E-state index in [-0.39, 0.29) is 23.9 Å². The summed E-state index contributed by atoms with van der Waals surface area (Å²) in [4.78, 5) is 0.0615. The first kappa shape index (κ1) is 15.8. The van der Waals surface area contributed by atoms with Gasteiger partial charge in [0.1, 0.15) is 13.2 Å². The van der Waals surface area contributed by atoms with Crippen LogP contribution in [0, 0.1) is 12.7 Å². The van der Waals surface area contributed by atoms with Gasteiger partial charge in [0.25, 0.3) is 10.1 Å². The zero-order valence-corrected chi connectivity index (χ0v) is 13.2. The van der Waals surface area contributed by atoms with E-state index >= 15 is 0 Å². The van der Waals surface area contributed by atoms with Crippen molar-refractivity contribution >= 4 is 10.1 Å². The molecule has 1 heterocycles. The first-order chi connectivity index (χ1) is 11.0. The predicted octanol–water partition coefficient (Wildman–Crippen LogP) is 2.68. The molecule has 0 saturated heterocycles. The van der Waals surface area contributed by atoms with E-state index in [1.54, 1.807) is 18.2 Å². The van der Waals surface area contributed by atoms with Crippen molar-refractivity contribution in [3.63, 3.8) is 0 Å². The molecule has 1 atom stereocenters. The number of hydrogen-bond acceptors (Lipinski definition) is 5. The highest BCUT2D eigenvalue weighted by Gasteiger charge is 2.26. The van der Waals surface area contributed by atoms with Crippen LogP contribution in [0.15, 0.2) is 47.4 Å². The van der Waals surface area contributed by atoms with E-state index in [1.165, 1.54) is 24.3 Å². The summed E-state index contributed by atoms with van der Waals surface area (Å²) in [6, 6.07) is 10.6. The van der Waals surface area contributed by atoms with Gasteiger partial charge in [-0.25, -0.2) is 4.39 Å². The molecule has 5 nitrogen and oxygen atoms in total. The Kier molecular flexibility index (Phi) is 4.23. The molecule has 0 unspecified atom stereocenters. The number of aryl methyl sites for hydroxylation is 1. The van der Waals surface area contributed by atoms with Gasteiger partial charge in [-0.05, 0) is 31.2 Å². The van der Waals surface area contributed by atoms with Crippen LogP contribution in [-0.4, -0.2) is 27.7 Å². The number of ether oxygens (including phenoxy) is 2. The molecule has 1 aliphatic rings. The molecule has 0 N–H and O–H groups in total. The standard InChI is InChI=1S/C16H15FO5S/c1-11-5-7-13(8-6-11)23(18,19)21-10-12-9-20-15-4-2-3-14(17)16(15)22-12/h2-8,12H,9-10H2,1H3/t12-/m0/s1. The van der Waals surface area contributed by atoms with Gasteiger partial charge >= 0.3 is 0 Å². The van der Waals surface area contributed by atoms with Gasteiger partial charge in [-0.15, -0.1) is 0 Å². The second-order valence-electron chi connectivity index (χ2n) is 5.17. The molecule has 2 aromatic rings. The third-order valence-corrected chi connectivity index (χ3v) is 4.65. The van der Waals surface area contributed by atoms with Crippen LogP contribution in [0.1, 0.15) is 5.56 Å². The summed E-state index contributed by atoms with van der Waals surface area (Å²) in [7, 11) is -3.89. The molecule has 0 amide bonds. The molecule has 122 valence electrons. The maximum Gasteiger partial charge on any atom is 0.297 e. The van der Waals surface area contributed by atoms with E-state index in [0.717, 1.165) is 5.56 Å². The van der Waals surface area contributed by atoms with Gasteiger partial charge < -0.3 is 9.47 Å². The van der Waals surface area contributed by atoms with E-state index in [9.17, 15) is 12.8 Å². The Morgan fingerprint density at radius 1 is 1.22 bits per heavy atom. The minimum Gasteiger partial charge on any atom is -0.486 e.